The fourth-order valence-electron chi connectivity index (χ4n) is 3.07. The van der Waals surface area contributed by atoms with Gasteiger partial charge in [-0.3, -0.25) is 19.2 Å². The van der Waals surface area contributed by atoms with E-state index in [1.165, 1.54) is 27.7 Å². The quantitative estimate of drug-likeness (QED) is 0.433. The summed E-state index contributed by atoms with van der Waals surface area (Å²) in [6.45, 7) is 4.47. The van der Waals surface area contributed by atoms with Crippen molar-refractivity contribution in [3.05, 3.63) is 35.9 Å². The molecule has 1 fully saturated rings. The van der Waals surface area contributed by atoms with Crippen LogP contribution in [0.25, 0.3) is 0 Å². The number of hydrogen-bond acceptors (Lipinski definition) is 10. The van der Waals surface area contributed by atoms with Crippen molar-refractivity contribution in [2.75, 3.05) is 6.61 Å². The summed E-state index contributed by atoms with van der Waals surface area (Å²) in [6.07, 6.45) is -5.86. The summed E-state index contributed by atoms with van der Waals surface area (Å²) in [5.41, 5.74) is 0.803. The van der Waals surface area contributed by atoms with Crippen molar-refractivity contribution in [2.24, 2.45) is 0 Å². The van der Waals surface area contributed by atoms with E-state index in [1.807, 2.05) is 30.3 Å². The smallest absolute Gasteiger partial charge is 0.305 e. The highest BCUT2D eigenvalue weighted by Crippen LogP contribution is 2.30. The van der Waals surface area contributed by atoms with Crippen LogP contribution in [0.15, 0.2) is 30.3 Å². The maximum absolute atomic E-state index is 11.8. The molecule has 1 aliphatic rings. The molecule has 0 N–H and O–H groups in total. The Bertz CT molecular complexity index is 778. The molecule has 0 bridgehead atoms. The molecule has 1 aliphatic heterocycles. The minimum atomic E-state index is -1.31. The zero-order valence-corrected chi connectivity index (χ0v) is 17.8. The van der Waals surface area contributed by atoms with Crippen LogP contribution in [0.1, 0.15) is 33.3 Å². The predicted molar refractivity (Wildman–Crippen MR) is 103 cm³/mol. The van der Waals surface area contributed by atoms with Crippen LogP contribution in [0.4, 0.5) is 0 Å². The van der Waals surface area contributed by atoms with Gasteiger partial charge in [0.1, 0.15) is 12.7 Å². The van der Waals surface area contributed by atoms with Crippen LogP contribution in [0.2, 0.25) is 0 Å². The van der Waals surface area contributed by atoms with Gasteiger partial charge in [0.15, 0.2) is 18.3 Å². The van der Waals surface area contributed by atoms with Crippen LogP contribution in [0, 0.1) is 0 Å². The predicted octanol–water partition coefficient (Wildman–Crippen LogP) is 1.29. The molecule has 0 aromatic heterocycles. The van der Waals surface area contributed by atoms with Crippen molar-refractivity contribution < 1.29 is 47.6 Å². The van der Waals surface area contributed by atoms with Crippen LogP contribution in [0.3, 0.4) is 0 Å². The Morgan fingerprint density at radius 1 is 0.774 bits per heavy atom. The maximum Gasteiger partial charge on any atom is 0.305 e. The lowest BCUT2D eigenvalue weighted by molar-refractivity contribution is -0.307. The highest BCUT2D eigenvalue weighted by atomic mass is 16.7. The Labute approximate surface area is 179 Å². The largest absolute Gasteiger partial charge is 0.463 e. The molecule has 1 aromatic carbocycles. The average Bonchev–Trinajstić information content (AvgIpc) is 2.67. The first kappa shape index (κ1) is 24.3. The molecular formula is C21H26O10. The molecule has 0 aliphatic carbocycles. The van der Waals surface area contributed by atoms with Crippen molar-refractivity contribution in [3.8, 4) is 0 Å². The van der Waals surface area contributed by atoms with Gasteiger partial charge in [-0.25, -0.2) is 0 Å². The van der Waals surface area contributed by atoms with E-state index in [0.29, 0.717) is 0 Å². The van der Waals surface area contributed by atoms with E-state index in [4.69, 9.17) is 28.4 Å². The normalized spacial score (nSPS) is 25.2. The van der Waals surface area contributed by atoms with Crippen molar-refractivity contribution in [1.82, 2.24) is 0 Å². The Morgan fingerprint density at radius 2 is 1.35 bits per heavy atom. The number of esters is 4. The molecule has 1 saturated heterocycles. The Morgan fingerprint density at radius 3 is 1.90 bits per heavy atom. The molecule has 10 heteroatoms. The fourth-order valence-corrected chi connectivity index (χ4v) is 3.07. The SMILES string of the molecule is CC(=O)OC[C@@H]1O[C@@H](OC(C)=O)[C@H](OCc2ccccc2)[C@H](OC(C)=O)[C@H]1OC(C)=O. The van der Waals surface area contributed by atoms with Gasteiger partial charge in [-0.1, -0.05) is 30.3 Å². The van der Waals surface area contributed by atoms with Crippen molar-refractivity contribution in [2.45, 2.75) is 65.0 Å². The van der Waals surface area contributed by atoms with Gasteiger partial charge >= 0.3 is 23.9 Å². The minimum absolute atomic E-state index is 0.0752. The van der Waals surface area contributed by atoms with Crippen LogP contribution in [-0.4, -0.2) is 61.2 Å². The van der Waals surface area contributed by atoms with Crippen LogP contribution < -0.4 is 0 Å². The van der Waals surface area contributed by atoms with Crippen molar-refractivity contribution >= 4 is 23.9 Å². The third-order valence-corrected chi connectivity index (χ3v) is 4.21. The summed E-state index contributed by atoms with van der Waals surface area (Å²) < 4.78 is 32.6. The topological polar surface area (TPSA) is 124 Å². The average molecular weight is 438 g/mol. The van der Waals surface area contributed by atoms with E-state index in [2.05, 4.69) is 0 Å². The maximum atomic E-state index is 11.8. The van der Waals surface area contributed by atoms with Gasteiger partial charge in [0.2, 0.25) is 6.29 Å². The van der Waals surface area contributed by atoms with Gasteiger partial charge in [-0.2, -0.15) is 0 Å². The number of carbonyl (C=O) groups excluding carboxylic acids is 4. The van der Waals surface area contributed by atoms with Crippen LogP contribution in [0.5, 0.6) is 0 Å². The van der Waals surface area contributed by atoms with Gasteiger partial charge in [-0.05, 0) is 5.56 Å². The summed E-state index contributed by atoms with van der Waals surface area (Å²) in [6, 6.07) is 9.11. The molecule has 0 unspecified atom stereocenters. The van der Waals surface area contributed by atoms with Crippen molar-refractivity contribution in [1.29, 1.82) is 0 Å². The molecule has 10 nitrogen and oxygen atoms in total. The minimum Gasteiger partial charge on any atom is -0.463 e. The lowest BCUT2D eigenvalue weighted by atomic mass is 9.98. The highest BCUT2D eigenvalue weighted by molar-refractivity contribution is 5.68. The lowest BCUT2D eigenvalue weighted by Crippen LogP contribution is -2.62. The van der Waals surface area contributed by atoms with E-state index < -0.39 is 54.6 Å². The van der Waals surface area contributed by atoms with E-state index in [9.17, 15) is 19.2 Å². The number of ether oxygens (including phenoxy) is 6. The number of hydrogen-bond donors (Lipinski definition) is 0. The van der Waals surface area contributed by atoms with Gasteiger partial charge < -0.3 is 28.4 Å². The third kappa shape index (κ3) is 7.65. The monoisotopic (exact) mass is 438 g/mol. The zero-order valence-electron chi connectivity index (χ0n) is 17.8. The first-order valence-corrected chi connectivity index (χ1v) is 9.63. The molecular weight excluding hydrogens is 412 g/mol. The number of rotatable bonds is 8. The molecule has 170 valence electrons. The Balaban J connectivity index is 2.36. The van der Waals surface area contributed by atoms with Crippen LogP contribution >= 0.6 is 0 Å². The second-order valence-corrected chi connectivity index (χ2v) is 6.86. The first-order chi connectivity index (χ1) is 14.7. The standard InChI is InChI=1S/C21H26O10/c1-12(22)26-11-17-18(28-13(2)23)19(29-14(3)24)20(21(31-17)30-15(4)25)27-10-16-8-6-5-7-9-16/h5-9,17-21H,10-11H2,1-4H3/t17-,18-,19+,20+,21+/m0/s1. The lowest BCUT2D eigenvalue weighted by Gasteiger charge is -2.44. The molecule has 5 atom stereocenters. The van der Waals surface area contributed by atoms with E-state index in [0.717, 1.165) is 5.56 Å². The number of benzene rings is 1. The van der Waals surface area contributed by atoms with E-state index in [1.54, 1.807) is 0 Å². The van der Waals surface area contributed by atoms with Gasteiger partial charge in [0, 0.05) is 27.7 Å². The van der Waals surface area contributed by atoms with Gasteiger partial charge in [-0.15, -0.1) is 0 Å². The summed E-state index contributed by atoms with van der Waals surface area (Å²) >= 11 is 0. The first-order valence-electron chi connectivity index (χ1n) is 9.63. The third-order valence-electron chi connectivity index (χ3n) is 4.21. The zero-order chi connectivity index (χ0) is 23.0. The van der Waals surface area contributed by atoms with Gasteiger partial charge in [0.05, 0.1) is 6.61 Å². The fraction of sp³-hybridized carbons (Fsp3) is 0.524. The molecule has 0 radical (unpaired) electrons. The summed E-state index contributed by atoms with van der Waals surface area (Å²) in [4.78, 5) is 46.5. The second kappa shape index (κ2) is 11.4. The van der Waals surface area contributed by atoms with E-state index in [-0.39, 0.29) is 13.2 Å². The molecule has 0 saturated carbocycles. The summed E-state index contributed by atoms with van der Waals surface area (Å²) in [5.74, 6) is -2.62. The highest BCUT2D eigenvalue weighted by Gasteiger charge is 2.52. The Hall–Kier alpha value is -2.98. The summed E-state index contributed by atoms with van der Waals surface area (Å²) in [7, 11) is 0. The van der Waals surface area contributed by atoms with Crippen molar-refractivity contribution in [3.63, 3.8) is 0 Å². The molecule has 0 spiro atoms. The number of carbonyl (C=O) groups is 4. The van der Waals surface area contributed by atoms with Gasteiger partial charge in [0.25, 0.3) is 0 Å². The second-order valence-electron chi connectivity index (χ2n) is 6.86. The summed E-state index contributed by atoms with van der Waals surface area (Å²) in [5, 5.41) is 0. The molecule has 1 aromatic rings. The Kier molecular flexibility index (Phi) is 8.95. The molecule has 2 rings (SSSR count). The van der Waals surface area contributed by atoms with Crippen LogP contribution in [-0.2, 0) is 54.2 Å². The molecule has 31 heavy (non-hydrogen) atoms. The molecule has 0 amide bonds. The van der Waals surface area contributed by atoms with E-state index >= 15 is 0 Å². The molecule has 1 heterocycles.